The molecule has 2 unspecified atom stereocenters. The van der Waals surface area contributed by atoms with Crippen LogP contribution in [0.1, 0.15) is 6.42 Å². The minimum absolute atomic E-state index is 0.632. The smallest absolute Gasteiger partial charge is 0.225 e. The molecular weight excluding hydrogens is 196 g/mol. The van der Waals surface area contributed by atoms with Crippen molar-refractivity contribution in [2.45, 2.75) is 17.7 Å². The SMILES string of the molecule is Nc1cnc(N2CC3CC2CS3)nc1. The maximum atomic E-state index is 5.55. The van der Waals surface area contributed by atoms with Gasteiger partial charge in [-0.1, -0.05) is 0 Å². The molecule has 3 rings (SSSR count). The van der Waals surface area contributed by atoms with E-state index < -0.39 is 0 Å². The number of thioether (sulfide) groups is 1. The Morgan fingerprint density at radius 1 is 1.43 bits per heavy atom. The predicted octanol–water partition coefficient (Wildman–Crippen LogP) is 0.753. The molecule has 1 aromatic rings. The lowest BCUT2D eigenvalue weighted by atomic mass is 10.2. The highest BCUT2D eigenvalue weighted by atomic mass is 32.2. The minimum atomic E-state index is 0.632. The van der Waals surface area contributed by atoms with Gasteiger partial charge >= 0.3 is 0 Å². The molecule has 5 heteroatoms. The zero-order chi connectivity index (χ0) is 9.54. The summed E-state index contributed by atoms with van der Waals surface area (Å²) in [6, 6.07) is 0.647. The van der Waals surface area contributed by atoms with Gasteiger partial charge in [0.05, 0.1) is 18.1 Å². The number of hydrogen-bond donors (Lipinski definition) is 1. The first-order valence-corrected chi connectivity index (χ1v) is 5.83. The Balaban J connectivity index is 1.86. The van der Waals surface area contributed by atoms with Crippen LogP contribution >= 0.6 is 11.8 Å². The fourth-order valence-corrected chi connectivity index (χ4v) is 3.56. The summed E-state index contributed by atoms with van der Waals surface area (Å²) in [6.45, 7) is 1.10. The topological polar surface area (TPSA) is 55.0 Å². The van der Waals surface area contributed by atoms with Crippen LogP contribution in [0.3, 0.4) is 0 Å². The number of fused-ring (bicyclic) bond motifs is 2. The van der Waals surface area contributed by atoms with E-state index in [2.05, 4.69) is 26.6 Å². The quantitative estimate of drug-likeness (QED) is 0.738. The normalized spacial score (nSPS) is 29.9. The Hall–Kier alpha value is -0.970. The second-order valence-electron chi connectivity index (χ2n) is 3.81. The van der Waals surface area contributed by atoms with Crippen LogP contribution < -0.4 is 10.6 Å². The summed E-state index contributed by atoms with van der Waals surface area (Å²) in [7, 11) is 0. The van der Waals surface area contributed by atoms with Gasteiger partial charge in [0.1, 0.15) is 0 Å². The summed E-state index contributed by atoms with van der Waals surface area (Å²) < 4.78 is 0. The van der Waals surface area contributed by atoms with E-state index in [1.807, 2.05) is 0 Å². The van der Waals surface area contributed by atoms with Gasteiger partial charge in [-0.05, 0) is 6.42 Å². The van der Waals surface area contributed by atoms with Gasteiger partial charge in [-0.25, -0.2) is 9.97 Å². The molecule has 2 aliphatic rings. The number of aromatic nitrogens is 2. The Morgan fingerprint density at radius 3 is 2.79 bits per heavy atom. The fraction of sp³-hybridized carbons (Fsp3) is 0.556. The molecule has 0 amide bonds. The lowest BCUT2D eigenvalue weighted by Gasteiger charge is -2.26. The van der Waals surface area contributed by atoms with E-state index in [4.69, 9.17) is 5.73 Å². The van der Waals surface area contributed by atoms with Gasteiger partial charge in [-0.2, -0.15) is 11.8 Å². The van der Waals surface area contributed by atoms with Crippen molar-refractivity contribution in [3.63, 3.8) is 0 Å². The van der Waals surface area contributed by atoms with Crippen LogP contribution in [0.4, 0.5) is 11.6 Å². The zero-order valence-electron chi connectivity index (χ0n) is 7.76. The zero-order valence-corrected chi connectivity index (χ0v) is 8.57. The van der Waals surface area contributed by atoms with E-state index in [9.17, 15) is 0 Å². The maximum Gasteiger partial charge on any atom is 0.225 e. The molecule has 0 radical (unpaired) electrons. The van der Waals surface area contributed by atoms with Gasteiger partial charge in [-0.15, -0.1) is 0 Å². The summed E-state index contributed by atoms with van der Waals surface area (Å²) in [4.78, 5) is 10.8. The molecule has 2 bridgehead atoms. The lowest BCUT2D eigenvalue weighted by molar-refractivity contribution is 0.738. The summed E-state index contributed by atoms with van der Waals surface area (Å²) >= 11 is 2.07. The number of hydrogen-bond acceptors (Lipinski definition) is 5. The third kappa shape index (κ3) is 1.23. The molecule has 2 saturated heterocycles. The van der Waals surface area contributed by atoms with E-state index in [-0.39, 0.29) is 0 Å². The first-order valence-electron chi connectivity index (χ1n) is 4.79. The first kappa shape index (κ1) is 8.35. The van der Waals surface area contributed by atoms with Crippen molar-refractivity contribution in [2.75, 3.05) is 22.9 Å². The van der Waals surface area contributed by atoms with Crippen molar-refractivity contribution < 1.29 is 0 Å². The molecule has 0 aliphatic carbocycles. The molecule has 0 aromatic carbocycles. The van der Waals surface area contributed by atoms with Crippen LogP contribution in [0.2, 0.25) is 0 Å². The van der Waals surface area contributed by atoms with Crippen molar-refractivity contribution in [1.29, 1.82) is 0 Å². The molecular formula is C9H12N4S. The van der Waals surface area contributed by atoms with Gasteiger partial charge in [-0.3, -0.25) is 0 Å². The summed E-state index contributed by atoms with van der Waals surface area (Å²) in [5.74, 6) is 2.06. The van der Waals surface area contributed by atoms with E-state index in [0.29, 0.717) is 11.7 Å². The second kappa shape index (κ2) is 3.02. The molecule has 2 atom stereocenters. The molecule has 14 heavy (non-hydrogen) atoms. The Kier molecular flexibility index (Phi) is 1.80. The highest BCUT2D eigenvalue weighted by Crippen LogP contribution is 2.38. The van der Waals surface area contributed by atoms with Crippen LogP contribution in [0.5, 0.6) is 0 Å². The van der Waals surface area contributed by atoms with Crippen molar-refractivity contribution in [3.8, 4) is 0 Å². The molecule has 2 fully saturated rings. The van der Waals surface area contributed by atoms with Crippen LogP contribution in [0.15, 0.2) is 12.4 Å². The molecule has 1 aromatic heterocycles. The van der Waals surface area contributed by atoms with Gasteiger partial charge in [0.2, 0.25) is 5.95 Å². The lowest BCUT2D eigenvalue weighted by Crippen LogP contribution is -2.35. The Morgan fingerprint density at radius 2 is 2.21 bits per heavy atom. The molecule has 0 spiro atoms. The van der Waals surface area contributed by atoms with Gasteiger partial charge in [0.15, 0.2) is 0 Å². The molecule has 0 saturated carbocycles. The van der Waals surface area contributed by atoms with Crippen molar-refractivity contribution in [3.05, 3.63) is 12.4 Å². The van der Waals surface area contributed by atoms with Crippen molar-refractivity contribution >= 4 is 23.4 Å². The van der Waals surface area contributed by atoms with Crippen LogP contribution in [0.25, 0.3) is 0 Å². The van der Waals surface area contributed by atoms with Gasteiger partial charge in [0, 0.05) is 23.6 Å². The minimum Gasteiger partial charge on any atom is -0.396 e. The highest BCUT2D eigenvalue weighted by Gasteiger charge is 2.39. The largest absolute Gasteiger partial charge is 0.396 e. The van der Waals surface area contributed by atoms with E-state index in [0.717, 1.165) is 17.7 Å². The molecule has 2 aliphatic heterocycles. The second-order valence-corrected chi connectivity index (χ2v) is 5.15. The van der Waals surface area contributed by atoms with E-state index >= 15 is 0 Å². The number of nitrogens with zero attached hydrogens (tertiary/aromatic N) is 3. The summed E-state index contributed by atoms with van der Waals surface area (Å²) in [5, 5.41) is 0.793. The van der Waals surface area contributed by atoms with Gasteiger partial charge < -0.3 is 10.6 Å². The van der Waals surface area contributed by atoms with E-state index in [1.54, 1.807) is 12.4 Å². The van der Waals surface area contributed by atoms with Crippen molar-refractivity contribution in [1.82, 2.24) is 9.97 Å². The maximum absolute atomic E-state index is 5.55. The predicted molar refractivity (Wildman–Crippen MR) is 58.4 cm³/mol. The number of anilines is 2. The first-order chi connectivity index (χ1) is 6.83. The van der Waals surface area contributed by atoms with Gasteiger partial charge in [0.25, 0.3) is 0 Å². The van der Waals surface area contributed by atoms with E-state index in [1.165, 1.54) is 12.2 Å². The third-order valence-corrected chi connectivity index (χ3v) is 4.21. The number of rotatable bonds is 1. The number of nitrogens with two attached hydrogens (primary N) is 1. The fourth-order valence-electron chi connectivity index (χ4n) is 2.12. The monoisotopic (exact) mass is 208 g/mol. The Labute approximate surface area is 86.9 Å². The molecule has 2 N–H and O–H groups in total. The summed E-state index contributed by atoms with van der Waals surface area (Å²) in [6.07, 6.45) is 4.65. The number of nitrogen functional groups attached to an aromatic ring is 1. The van der Waals surface area contributed by atoms with Crippen LogP contribution in [-0.4, -0.2) is 33.6 Å². The van der Waals surface area contributed by atoms with Crippen LogP contribution in [-0.2, 0) is 0 Å². The average Bonchev–Trinajstić information content (AvgIpc) is 2.80. The molecule has 3 heterocycles. The third-order valence-electron chi connectivity index (χ3n) is 2.82. The molecule has 74 valence electrons. The highest BCUT2D eigenvalue weighted by molar-refractivity contribution is 8.00. The van der Waals surface area contributed by atoms with Crippen LogP contribution in [0, 0.1) is 0 Å². The van der Waals surface area contributed by atoms with Crippen molar-refractivity contribution in [2.24, 2.45) is 0 Å². The summed E-state index contributed by atoms with van der Waals surface area (Å²) in [5.41, 5.74) is 6.19. The standard InChI is InChI=1S/C9H12N4S/c10-6-2-11-9(12-3-6)13-4-8-1-7(13)5-14-8/h2-3,7-8H,1,4-5,10H2. The Bertz CT molecular complexity index is 339. The molecule has 4 nitrogen and oxygen atoms in total. The average molecular weight is 208 g/mol.